The predicted molar refractivity (Wildman–Crippen MR) is 121 cm³/mol. The van der Waals surface area contributed by atoms with Crippen molar-refractivity contribution in [2.45, 2.75) is 38.4 Å². The summed E-state index contributed by atoms with van der Waals surface area (Å²) in [5, 5.41) is 24.5. The number of ether oxygens (including phenoxy) is 2. The zero-order valence-corrected chi connectivity index (χ0v) is 19.4. The van der Waals surface area contributed by atoms with Crippen LogP contribution < -0.4 is 5.32 Å². The molecule has 0 saturated carbocycles. The Morgan fingerprint density at radius 2 is 1.91 bits per heavy atom. The Hall–Kier alpha value is -2.85. The zero-order chi connectivity index (χ0) is 23.8. The molecule has 174 valence electrons. The lowest BCUT2D eigenvalue weighted by molar-refractivity contribution is -0.385. The van der Waals surface area contributed by atoms with Gasteiger partial charge >= 0.3 is 11.9 Å². The molecule has 1 aliphatic rings. The maximum absolute atomic E-state index is 13.2. The van der Waals surface area contributed by atoms with Gasteiger partial charge in [-0.25, -0.2) is 9.59 Å². The van der Waals surface area contributed by atoms with Gasteiger partial charge in [-0.2, -0.15) is 11.8 Å². The van der Waals surface area contributed by atoms with Crippen molar-refractivity contribution in [2.75, 3.05) is 26.1 Å². The van der Waals surface area contributed by atoms with Gasteiger partial charge in [-0.05, 0) is 26.0 Å². The van der Waals surface area contributed by atoms with Crippen molar-refractivity contribution >= 4 is 29.4 Å². The summed E-state index contributed by atoms with van der Waals surface area (Å²) in [4.78, 5) is 36.4. The van der Waals surface area contributed by atoms with E-state index < -0.39 is 22.8 Å². The maximum atomic E-state index is 13.2. The van der Waals surface area contributed by atoms with Gasteiger partial charge in [0.1, 0.15) is 6.61 Å². The summed E-state index contributed by atoms with van der Waals surface area (Å²) < 4.78 is 10.7. The summed E-state index contributed by atoms with van der Waals surface area (Å²) in [7, 11) is 1.60. The monoisotopic (exact) mass is 464 g/mol. The fourth-order valence-electron chi connectivity index (χ4n) is 3.70. The molecule has 1 aromatic rings. The molecule has 1 aliphatic heterocycles. The minimum Gasteiger partial charge on any atom is -0.478 e. The smallest absolute Gasteiger partial charge is 0.336 e. The lowest BCUT2D eigenvalue weighted by Gasteiger charge is -2.29. The van der Waals surface area contributed by atoms with Crippen LogP contribution in [0.2, 0.25) is 0 Å². The van der Waals surface area contributed by atoms with Gasteiger partial charge in [0.2, 0.25) is 0 Å². The largest absolute Gasteiger partial charge is 0.478 e. The number of esters is 1. The minimum absolute atomic E-state index is 0.0158. The van der Waals surface area contributed by atoms with Gasteiger partial charge < -0.3 is 19.9 Å². The summed E-state index contributed by atoms with van der Waals surface area (Å²) in [6.45, 7) is 5.83. The fourth-order valence-corrected chi connectivity index (χ4v) is 4.60. The average molecular weight is 465 g/mol. The SMILES string of the molecule is CCSC(CCOC)COC(=O)C1=C(C)NC(C)=C(C(=O)O)C1c1ccccc1[N+](=O)[O-]. The van der Waals surface area contributed by atoms with E-state index in [0.717, 1.165) is 5.75 Å². The number of nitro benzene ring substituents is 1. The Labute approximate surface area is 191 Å². The van der Waals surface area contributed by atoms with E-state index in [4.69, 9.17) is 9.47 Å². The highest BCUT2D eigenvalue weighted by atomic mass is 32.2. The number of methoxy groups -OCH3 is 1. The molecule has 0 aromatic heterocycles. The highest BCUT2D eigenvalue weighted by Gasteiger charge is 2.40. The van der Waals surface area contributed by atoms with Gasteiger partial charge in [0.25, 0.3) is 5.69 Å². The van der Waals surface area contributed by atoms with Crippen molar-refractivity contribution in [3.63, 3.8) is 0 Å². The molecule has 0 radical (unpaired) electrons. The third kappa shape index (κ3) is 5.89. The Morgan fingerprint density at radius 3 is 2.50 bits per heavy atom. The van der Waals surface area contributed by atoms with Gasteiger partial charge in [-0.1, -0.05) is 25.1 Å². The van der Waals surface area contributed by atoms with Crippen LogP contribution in [0.5, 0.6) is 0 Å². The molecule has 0 aliphatic carbocycles. The van der Waals surface area contributed by atoms with E-state index in [-0.39, 0.29) is 34.3 Å². The molecule has 0 spiro atoms. The van der Waals surface area contributed by atoms with E-state index in [9.17, 15) is 24.8 Å². The first-order chi connectivity index (χ1) is 15.2. The summed E-state index contributed by atoms with van der Waals surface area (Å²) in [5.41, 5.74) is 0.501. The number of carboxylic acid groups (broad SMARTS) is 1. The number of para-hydroxylation sites is 1. The number of nitro groups is 1. The number of carbonyl (C=O) groups excluding carboxylic acids is 1. The highest BCUT2D eigenvalue weighted by Crippen LogP contribution is 2.42. The number of dihydropyridines is 1. The summed E-state index contributed by atoms with van der Waals surface area (Å²) >= 11 is 1.63. The van der Waals surface area contributed by atoms with Crippen LogP contribution in [0.15, 0.2) is 46.8 Å². The fraction of sp³-hybridized carbons (Fsp3) is 0.455. The maximum Gasteiger partial charge on any atom is 0.336 e. The van der Waals surface area contributed by atoms with Crippen LogP contribution in [0.25, 0.3) is 0 Å². The van der Waals surface area contributed by atoms with Crippen LogP contribution in [0.3, 0.4) is 0 Å². The second-order valence-corrected chi connectivity index (χ2v) is 8.79. The molecule has 2 atom stereocenters. The lowest BCUT2D eigenvalue weighted by Crippen LogP contribution is -2.32. The number of nitrogens with zero attached hydrogens (tertiary/aromatic N) is 1. The van der Waals surface area contributed by atoms with Crippen molar-refractivity contribution < 1.29 is 29.1 Å². The number of carboxylic acids is 1. The molecule has 10 heteroatoms. The Balaban J connectivity index is 2.47. The van der Waals surface area contributed by atoms with E-state index in [0.29, 0.717) is 24.4 Å². The summed E-state index contributed by atoms with van der Waals surface area (Å²) in [6.07, 6.45) is 0.686. The third-order valence-corrected chi connectivity index (χ3v) is 6.28. The van der Waals surface area contributed by atoms with Crippen LogP contribution in [0, 0.1) is 10.1 Å². The molecule has 2 rings (SSSR count). The molecule has 0 bridgehead atoms. The van der Waals surface area contributed by atoms with Crippen molar-refractivity contribution in [1.29, 1.82) is 0 Å². The predicted octanol–water partition coefficient (Wildman–Crippen LogP) is 3.62. The normalized spacial score (nSPS) is 17.1. The van der Waals surface area contributed by atoms with Crippen LogP contribution in [0.1, 0.15) is 38.7 Å². The minimum atomic E-state index is -1.27. The number of hydrogen-bond acceptors (Lipinski definition) is 8. The number of aliphatic carboxylic acids is 1. The lowest BCUT2D eigenvalue weighted by atomic mass is 9.79. The zero-order valence-electron chi connectivity index (χ0n) is 18.5. The van der Waals surface area contributed by atoms with E-state index in [1.54, 1.807) is 38.8 Å². The quantitative estimate of drug-likeness (QED) is 0.287. The van der Waals surface area contributed by atoms with E-state index in [2.05, 4.69) is 5.32 Å². The first-order valence-electron chi connectivity index (χ1n) is 10.2. The molecule has 32 heavy (non-hydrogen) atoms. The van der Waals surface area contributed by atoms with Crippen molar-refractivity contribution in [2.24, 2.45) is 0 Å². The molecule has 0 saturated heterocycles. The molecule has 2 unspecified atom stereocenters. The van der Waals surface area contributed by atoms with Gasteiger partial charge in [0.15, 0.2) is 0 Å². The molecular weight excluding hydrogens is 436 g/mol. The van der Waals surface area contributed by atoms with E-state index in [1.165, 1.54) is 18.2 Å². The molecule has 9 nitrogen and oxygen atoms in total. The number of hydrogen-bond donors (Lipinski definition) is 2. The third-order valence-electron chi connectivity index (χ3n) is 5.10. The molecule has 0 fully saturated rings. The van der Waals surface area contributed by atoms with Crippen LogP contribution >= 0.6 is 11.8 Å². The van der Waals surface area contributed by atoms with Gasteiger partial charge in [0, 0.05) is 42.0 Å². The Morgan fingerprint density at radius 1 is 1.25 bits per heavy atom. The number of thioether (sulfide) groups is 1. The molecule has 1 heterocycles. The standard InChI is InChI=1S/C22H28N2O7S/c1-5-32-15(10-11-30-4)12-31-22(27)19-14(3)23-13(2)18(21(25)26)20(19)16-8-6-7-9-17(16)24(28)29/h6-9,15,20,23H,5,10-12H2,1-4H3,(H,25,26). The number of allylic oxidation sites excluding steroid dienone is 2. The van der Waals surface area contributed by atoms with E-state index >= 15 is 0 Å². The molecule has 2 N–H and O–H groups in total. The van der Waals surface area contributed by atoms with E-state index in [1.807, 2.05) is 6.92 Å². The highest BCUT2D eigenvalue weighted by molar-refractivity contribution is 7.99. The summed E-state index contributed by atoms with van der Waals surface area (Å²) in [6, 6.07) is 5.84. The van der Waals surface area contributed by atoms with Crippen LogP contribution in [0.4, 0.5) is 5.69 Å². The molecule has 0 amide bonds. The van der Waals surface area contributed by atoms with Gasteiger partial charge in [0.05, 0.1) is 22.0 Å². The first-order valence-corrected chi connectivity index (χ1v) is 11.2. The van der Waals surface area contributed by atoms with Crippen molar-refractivity contribution in [3.8, 4) is 0 Å². The van der Waals surface area contributed by atoms with Gasteiger partial charge in [-0.15, -0.1) is 0 Å². The first kappa shape index (κ1) is 25.4. The Kier molecular flexibility index (Phi) is 9.27. The molecular formula is C22H28N2O7S. The second kappa shape index (κ2) is 11.7. The molecule has 1 aromatic carbocycles. The topological polar surface area (TPSA) is 128 Å². The Bertz CT molecular complexity index is 942. The van der Waals surface area contributed by atoms with Crippen LogP contribution in [-0.2, 0) is 19.1 Å². The number of benzene rings is 1. The summed E-state index contributed by atoms with van der Waals surface area (Å²) in [5.74, 6) is -2.28. The van der Waals surface area contributed by atoms with Crippen molar-refractivity contribution in [1.82, 2.24) is 5.32 Å². The number of carbonyl (C=O) groups is 2. The average Bonchev–Trinajstić information content (AvgIpc) is 2.74. The van der Waals surface area contributed by atoms with Crippen molar-refractivity contribution in [3.05, 3.63) is 62.5 Å². The van der Waals surface area contributed by atoms with Crippen LogP contribution in [-0.4, -0.2) is 53.3 Å². The number of nitrogens with one attached hydrogen (secondary N) is 1. The number of rotatable bonds is 11. The second-order valence-electron chi connectivity index (χ2n) is 7.21. The van der Waals surface area contributed by atoms with Gasteiger partial charge in [-0.3, -0.25) is 10.1 Å².